The van der Waals surface area contributed by atoms with Crippen molar-refractivity contribution in [3.8, 4) is 0 Å². The van der Waals surface area contributed by atoms with Crippen molar-refractivity contribution in [1.82, 2.24) is 9.55 Å². The molecule has 1 saturated carbocycles. The zero-order chi connectivity index (χ0) is 21.7. The van der Waals surface area contributed by atoms with Crippen LogP contribution in [0.2, 0.25) is 0 Å². The van der Waals surface area contributed by atoms with Gasteiger partial charge in [0.2, 0.25) is 5.69 Å². The van der Waals surface area contributed by atoms with E-state index in [0.29, 0.717) is 12.3 Å². The highest BCUT2D eigenvalue weighted by Gasteiger charge is 2.54. The molecule has 0 aromatic carbocycles. The normalized spacial score (nSPS) is 41.0. The number of nitrogens with zero attached hydrogens (tertiary/aromatic N) is 2. The van der Waals surface area contributed by atoms with Gasteiger partial charge in [0.05, 0.1) is 18.3 Å². The van der Waals surface area contributed by atoms with Gasteiger partial charge in [0.1, 0.15) is 12.0 Å². The van der Waals surface area contributed by atoms with Crippen LogP contribution in [0.3, 0.4) is 0 Å². The predicted octanol–water partition coefficient (Wildman–Crippen LogP) is 4.40. The van der Waals surface area contributed by atoms with Gasteiger partial charge in [-0.1, -0.05) is 30.5 Å². The summed E-state index contributed by atoms with van der Waals surface area (Å²) in [4.78, 5) is 16.0. The fourth-order valence-corrected chi connectivity index (χ4v) is 12.2. The van der Waals surface area contributed by atoms with Crippen LogP contribution in [0.15, 0.2) is 29.2 Å². The Morgan fingerprint density at radius 1 is 1.57 bits per heavy atom. The molecule has 0 radical (unpaired) electrons. The zero-order valence-electron chi connectivity index (χ0n) is 17.7. The van der Waals surface area contributed by atoms with Gasteiger partial charge in [0, 0.05) is 17.4 Å². The van der Waals surface area contributed by atoms with Crippen molar-refractivity contribution in [2.45, 2.75) is 82.2 Å². The molecule has 1 aromatic heterocycles. The van der Waals surface area contributed by atoms with Crippen molar-refractivity contribution in [3.63, 3.8) is 0 Å². The highest BCUT2D eigenvalue weighted by molar-refractivity contribution is 8.68. The molecule has 2 N–H and O–H groups in total. The lowest BCUT2D eigenvalue weighted by atomic mass is 9.77. The van der Waals surface area contributed by atoms with Gasteiger partial charge in [-0.3, -0.25) is 4.57 Å². The second-order valence-corrected chi connectivity index (χ2v) is 15.3. The summed E-state index contributed by atoms with van der Waals surface area (Å²) in [5.74, 6) is 0.682. The molecule has 7 nitrogen and oxygen atoms in total. The molecule has 2 aliphatic heterocycles. The molecule has 0 unspecified atom stereocenters. The van der Waals surface area contributed by atoms with E-state index in [0.717, 1.165) is 25.7 Å². The van der Waals surface area contributed by atoms with Crippen LogP contribution in [0.5, 0.6) is 0 Å². The smallest absolute Gasteiger partial charge is 0.351 e. The summed E-state index contributed by atoms with van der Waals surface area (Å²) in [6.45, 7) is 10.5. The molecule has 3 fully saturated rings. The Balaban J connectivity index is 1.48. The van der Waals surface area contributed by atoms with Crippen LogP contribution in [0.4, 0.5) is 5.82 Å². The predicted molar refractivity (Wildman–Crippen MR) is 124 cm³/mol. The number of hydrogen-bond donors (Lipinski definition) is 1. The molecule has 1 aromatic rings. The fourth-order valence-electron chi connectivity index (χ4n) is 4.59. The van der Waals surface area contributed by atoms with Crippen molar-refractivity contribution in [2.75, 3.05) is 5.73 Å². The first kappa shape index (κ1) is 22.5. The number of rotatable bonds is 5. The summed E-state index contributed by atoms with van der Waals surface area (Å²) in [7, 11) is 0. The number of aromatic nitrogens is 2. The van der Waals surface area contributed by atoms with E-state index in [-0.39, 0.29) is 28.9 Å². The van der Waals surface area contributed by atoms with E-state index in [1.54, 1.807) is 23.6 Å². The molecule has 3 aliphatic rings. The summed E-state index contributed by atoms with van der Waals surface area (Å²) >= 11 is 7.66. The molecule has 0 amide bonds. The largest absolute Gasteiger partial charge is 0.383 e. The highest BCUT2D eigenvalue weighted by atomic mass is 32.9. The van der Waals surface area contributed by atoms with E-state index in [2.05, 4.69) is 25.4 Å². The van der Waals surface area contributed by atoms with Crippen LogP contribution >= 0.6 is 17.1 Å². The van der Waals surface area contributed by atoms with Crippen molar-refractivity contribution >= 4 is 34.7 Å². The Labute approximate surface area is 186 Å². The van der Waals surface area contributed by atoms with Crippen LogP contribution in [0, 0.1) is 5.92 Å². The number of hydrogen-bond acceptors (Lipinski definition) is 8. The van der Waals surface area contributed by atoms with Crippen LogP contribution < -0.4 is 11.4 Å². The molecule has 30 heavy (non-hydrogen) atoms. The highest BCUT2D eigenvalue weighted by Crippen LogP contribution is 2.76. The van der Waals surface area contributed by atoms with Crippen LogP contribution in [0.25, 0.3) is 0 Å². The van der Waals surface area contributed by atoms with Crippen molar-refractivity contribution < 1.29 is 13.8 Å². The van der Waals surface area contributed by atoms with Gasteiger partial charge in [-0.2, -0.15) is 4.98 Å². The summed E-state index contributed by atoms with van der Waals surface area (Å²) in [6, 6.07) is 1.60. The van der Waals surface area contributed by atoms with Gasteiger partial charge in [-0.15, -0.1) is 0 Å². The van der Waals surface area contributed by atoms with Crippen LogP contribution in [-0.2, 0) is 25.6 Å². The van der Waals surface area contributed by atoms with Gasteiger partial charge in [-0.05, 0) is 63.3 Å². The summed E-state index contributed by atoms with van der Waals surface area (Å²) in [5, 5.41) is 0. The number of nitrogen functional groups attached to an aromatic ring is 1. The van der Waals surface area contributed by atoms with E-state index in [9.17, 15) is 4.79 Å². The maximum Gasteiger partial charge on any atom is 0.351 e. The van der Waals surface area contributed by atoms with Gasteiger partial charge < -0.3 is 19.5 Å². The quantitative estimate of drug-likeness (QED) is 0.499. The molecule has 3 heterocycles. The van der Waals surface area contributed by atoms with E-state index in [1.807, 2.05) is 6.92 Å². The lowest BCUT2D eigenvalue weighted by Crippen LogP contribution is -2.39. The molecular weight excluding hydrogens is 441 g/mol. The minimum Gasteiger partial charge on any atom is -0.383 e. The second kappa shape index (κ2) is 8.34. The molecule has 166 valence electrons. The monoisotopic (exact) mass is 471 g/mol. The molecule has 1 aliphatic carbocycles. The topological polar surface area (TPSA) is 88.6 Å². The zero-order valence-corrected chi connectivity index (χ0v) is 20.2. The Kier molecular flexibility index (Phi) is 6.25. The molecule has 10 heteroatoms. The summed E-state index contributed by atoms with van der Waals surface area (Å²) in [5.41, 5.74) is 3.88. The van der Waals surface area contributed by atoms with Crippen LogP contribution in [-0.4, -0.2) is 32.6 Å². The first-order valence-electron chi connectivity index (χ1n) is 10.5. The van der Waals surface area contributed by atoms with Crippen molar-refractivity contribution in [2.24, 2.45) is 5.92 Å². The summed E-state index contributed by atoms with van der Waals surface area (Å²) in [6.07, 6.45) is 5.31. The minimum absolute atomic E-state index is 0.0140. The first-order valence-corrected chi connectivity index (χ1v) is 14.5. The Morgan fingerprint density at radius 2 is 2.33 bits per heavy atom. The third kappa shape index (κ3) is 4.30. The minimum atomic E-state index is -2.52. The number of allylic oxidation sites excluding steroid dienone is 1. The third-order valence-corrected chi connectivity index (χ3v) is 12.2. The number of ether oxygens (including phenoxy) is 1. The number of anilines is 1. The average molecular weight is 472 g/mol. The molecule has 0 bridgehead atoms. The van der Waals surface area contributed by atoms with E-state index < -0.39 is 17.6 Å². The molecule has 2 saturated heterocycles. The van der Waals surface area contributed by atoms with Crippen molar-refractivity contribution in [1.29, 1.82) is 0 Å². The molecular formula is C20H30N3O4PS2. The second-order valence-electron chi connectivity index (χ2n) is 8.72. The lowest BCUT2D eigenvalue weighted by Gasteiger charge is -2.37. The first-order chi connectivity index (χ1) is 14.1. The van der Waals surface area contributed by atoms with Gasteiger partial charge in [0.25, 0.3) is 0 Å². The average Bonchev–Trinajstić information content (AvgIpc) is 3.17. The fraction of sp³-hybridized carbons (Fsp3) is 0.700. The SMILES string of the molecule is C=C(C)[C@H]1CC[C@@]2(C)S[P@@](=S)(O[C@H]3C[C@H](n4ccc(N)nc4=O)O[C@@H]3CC)O[C@@H]2C1. The lowest BCUT2D eigenvalue weighted by molar-refractivity contribution is -0.0186. The Morgan fingerprint density at radius 3 is 3.00 bits per heavy atom. The van der Waals surface area contributed by atoms with Crippen molar-refractivity contribution in [3.05, 3.63) is 34.9 Å². The number of nitrogens with two attached hydrogens (primary N) is 1. The van der Waals surface area contributed by atoms with Gasteiger partial charge >= 0.3 is 5.69 Å². The maximum atomic E-state index is 12.2. The standard InChI is InChI=1S/C20H30N3O4PS2/c1-5-14-15(11-18(25-14)23-9-7-17(21)22-19(23)24)26-28(29)27-16-10-13(12(2)3)6-8-20(16,4)30-28/h7,9,13-16,18H,2,5-6,8,10-11H2,1,3-4H3,(H2,21,22,24)/t13-,14+,15-,16+,18+,20+,28-/m0/s1. The van der Waals surface area contributed by atoms with E-state index in [4.69, 9.17) is 31.3 Å². The van der Waals surface area contributed by atoms with Crippen LogP contribution in [0.1, 0.15) is 59.1 Å². The van der Waals surface area contributed by atoms with E-state index >= 15 is 0 Å². The van der Waals surface area contributed by atoms with Gasteiger partial charge in [-0.25, -0.2) is 4.79 Å². The Hall–Kier alpha value is -0.700. The van der Waals surface area contributed by atoms with E-state index in [1.165, 1.54) is 10.1 Å². The maximum absolute atomic E-state index is 12.2. The molecule has 7 atom stereocenters. The Bertz CT molecular complexity index is 941. The number of fused-ring (bicyclic) bond motifs is 1. The summed E-state index contributed by atoms with van der Waals surface area (Å²) < 4.78 is 20.5. The van der Waals surface area contributed by atoms with Gasteiger partial charge in [0.15, 0.2) is 0 Å². The molecule has 0 spiro atoms. The third-order valence-electron chi connectivity index (χ3n) is 6.45. The molecule has 4 rings (SSSR count).